The van der Waals surface area contributed by atoms with E-state index in [1.807, 2.05) is 78.9 Å². The highest BCUT2D eigenvalue weighted by molar-refractivity contribution is 6.23. The molecule has 0 radical (unpaired) electrons. The van der Waals surface area contributed by atoms with Crippen molar-refractivity contribution in [3.05, 3.63) is 107 Å². The van der Waals surface area contributed by atoms with Gasteiger partial charge in [-0.25, -0.2) is 4.79 Å². The van der Waals surface area contributed by atoms with Gasteiger partial charge >= 0.3 is 6.03 Å². The minimum Gasteiger partial charge on any atom is -0.497 e. The van der Waals surface area contributed by atoms with Crippen molar-refractivity contribution >= 4 is 17.5 Å². The second-order valence-corrected chi connectivity index (χ2v) is 7.37. The molecule has 0 fully saturated rings. The molecule has 0 bridgehead atoms. The maximum Gasteiger partial charge on any atom is 0.322 e. The van der Waals surface area contributed by atoms with Crippen LogP contribution >= 0.6 is 0 Å². The number of Topliss-reactive ketones (excluding diaryl/α,β-unsaturated/α-hetero) is 1. The average Bonchev–Trinajstić information content (AvgIpc) is 3.09. The van der Waals surface area contributed by atoms with Crippen molar-refractivity contribution < 1.29 is 14.3 Å². The summed E-state index contributed by atoms with van der Waals surface area (Å²) in [4.78, 5) is 28.3. The molecule has 0 saturated heterocycles. The number of hydrogen-bond acceptors (Lipinski definition) is 3. The lowest BCUT2D eigenvalue weighted by molar-refractivity contribution is 0.102. The van der Waals surface area contributed by atoms with Gasteiger partial charge in [0.2, 0.25) is 0 Å². The SMILES string of the molecule is COc1cccc(C2NC(=O)N(Cc3ccccc3)C3=C2C(=O)c2ccccc23)c1. The fraction of sp³-hybridized carbons (Fsp3) is 0.120. The quantitative estimate of drug-likeness (QED) is 0.703. The van der Waals surface area contributed by atoms with Crippen molar-refractivity contribution in [2.75, 3.05) is 7.11 Å². The first-order valence-corrected chi connectivity index (χ1v) is 9.81. The number of ether oxygens (including phenoxy) is 1. The van der Waals surface area contributed by atoms with Gasteiger partial charge in [0.1, 0.15) is 5.75 Å². The average molecular weight is 396 g/mol. The summed E-state index contributed by atoms with van der Waals surface area (Å²) in [6.07, 6.45) is 0. The highest BCUT2D eigenvalue weighted by Gasteiger charge is 2.43. The van der Waals surface area contributed by atoms with E-state index in [9.17, 15) is 9.59 Å². The number of rotatable bonds is 4. The van der Waals surface area contributed by atoms with E-state index >= 15 is 0 Å². The number of carbonyl (C=O) groups is 2. The van der Waals surface area contributed by atoms with E-state index in [1.165, 1.54) is 0 Å². The molecule has 2 amide bonds. The van der Waals surface area contributed by atoms with Crippen LogP contribution in [-0.4, -0.2) is 23.8 Å². The van der Waals surface area contributed by atoms with Gasteiger partial charge in [0.25, 0.3) is 0 Å². The molecule has 1 heterocycles. The molecule has 1 aliphatic heterocycles. The summed E-state index contributed by atoms with van der Waals surface area (Å²) < 4.78 is 5.35. The van der Waals surface area contributed by atoms with E-state index < -0.39 is 6.04 Å². The summed E-state index contributed by atoms with van der Waals surface area (Å²) in [5.74, 6) is 0.630. The number of amides is 2. The van der Waals surface area contributed by atoms with Crippen LogP contribution in [0.2, 0.25) is 0 Å². The van der Waals surface area contributed by atoms with Crippen molar-refractivity contribution in [1.29, 1.82) is 0 Å². The molecule has 30 heavy (non-hydrogen) atoms. The standard InChI is InChI=1S/C25H20N2O3/c1-30-18-11-7-10-17(14-18)22-21-23(19-12-5-6-13-20(19)24(21)28)27(25(29)26-22)15-16-8-3-2-4-9-16/h2-14,22H,15H2,1H3,(H,26,29). The number of hydrogen-bond donors (Lipinski definition) is 1. The van der Waals surface area contributed by atoms with E-state index in [-0.39, 0.29) is 11.8 Å². The van der Waals surface area contributed by atoms with E-state index in [0.717, 1.165) is 16.7 Å². The first-order valence-electron chi connectivity index (χ1n) is 9.81. The minimum atomic E-state index is -0.533. The van der Waals surface area contributed by atoms with Gasteiger partial charge in [-0.3, -0.25) is 9.69 Å². The number of benzene rings is 3. The minimum absolute atomic E-state index is 0.0496. The van der Waals surface area contributed by atoms with Crippen LogP contribution in [0.4, 0.5) is 4.79 Å². The predicted molar refractivity (Wildman–Crippen MR) is 114 cm³/mol. The van der Waals surface area contributed by atoms with Crippen molar-refractivity contribution in [2.45, 2.75) is 12.6 Å². The summed E-state index contributed by atoms with van der Waals surface area (Å²) in [5, 5.41) is 3.04. The second-order valence-electron chi connectivity index (χ2n) is 7.37. The van der Waals surface area contributed by atoms with Crippen LogP contribution < -0.4 is 10.1 Å². The molecule has 5 nitrogen and oxygen atoms in total. The lowest BCUT2D eigenvalue weighted by Crippen LogP contribution is -2.45. The van der Waals surface area contributed by atoms with E-state index in [0.29, 0.717) is 29.1 Å². The van der Waals surface area contributed by atoms with Crippen LogP contribution in [0.25, 0.3) is 5.70 Å². The Morgan fingerprint density at radius 3 is 2.40 bits per heavy atom. The number of fused-ring (bicyclic) bond motifs is 2. The Bertz CT molecular complexity index is 1180. The number of ketones is 1. The molecule has 5 heteroatoms. The maximum atomic E-state index is 13.4. The number of nitrogens with zero attached hydrogens (tertiary/aromatic N) is 1. The molecule has 5 rings (SSSR count). The molecule has 1 atom stereocenters. The fourth-order valence-corrected chi connectivity index (χ4v) is 4.21. The van der Waals surface area contributed by atoms with Gasteiger partial charge < -0.3 is 10.1 Å². The van der Waals surface area contributed by atoms with Crippen LogP contribution in [0.3, 0.4) is 0 Å². The molecule has 148 valence electrons. The molecule has 3 aromatic carbocycles. The Kier molecular flexibility index (Phi) is 4.36. The van der Waals surface area contributed by atoms with E-state index in [2.05, 4.69) is 5.32 Å². The molecular weight excluding hydrogens is 376 g/mol. The van der Waals surface area contributed by atoms with Crippen molar-refractivity contribution in [3.8, 4) is 5.75 Å². The lowest BCUT2D eigenvalue weighted by atomic mass is 9.93. The third-order valence-electron chi connectivity index (χ3n) is 5.61. The van der Waals surface area contributed by atoms with Gasteiger partial charge in [0, 0.05) is 11.1 Å². The van der Waals surface area contributed by atoms with E-state index in [1.54, 1.807) is 12.0 Å². The molecule has 2 aliphatic rings. The molecular formula is C25H20N2O3. The maximum absolute atomic E-state index is 13.4. The van der Waals surface area contributed by atoms with Crippen LogP contribution in [0, 0.1) is 0 Å². The number of nitrogens with one attached hydrogen (secondary N) is 1. The van der Waals surface area contributed by atoms with Gasteiger partial charge in [0.05, 0.1) is 31.0 Å². The molecule has 0 spiro atoms. The predicted octanol–water partition coefficient (Wildman–Crippen LogP) is 4.57. The largest absolute Gasteiger partial charge is 0.497 e. The third-order valence-corrected chi connectivity index (χ3v) is 5.61. The number of urea groups is 1. The monoisotopic (exact) mass is 396 g/mol. The third kappa shape index (κ3) is 2.87. The Balaban J connectivity index is 1.67. The Hall–Kier alpha value is -3.86. The fourth-order valence-electron chi connectivity index (χ4n) is 4.21. The van der Waals surface area contributed by atoms with Crippen molar-refractivity contribution in [1.82, 2.24) is 10.2 Å². The van der Waals surface area contributed by atoms with Gasteiger partial charge in [-0.2, -0.15) is 0 Å². The molecule has 1 N–H and O–H groups in total. The smallest absolute Gasteiger partial charge is 0.322 e. The summed E-state index contributed by atoms with van der Waals surface area (Å²) >= 11 is 0. The first-order chi connectivity index (χ1) is 14.7. The Morgan fingerprint density at radius 1 is 0.900 bits per heavy atom. The number of carbonyl (C=O) groups excluding carboxylic acids is 2. The zero-order valence-electron chi connectivity index (χ0n) is 16.5. The lowest BCUT2D eigenvalue weighted by Gasteiger charge is -2.34. The zero-order valence-corrected chi connectivity index (χ0v) is 16.5. The number of methoxy groups -OCH3 is 1. The molecule has 0 aromatic heterocycles. The van der Waals surface area contributed by atoms with E-state index in [4.69, 9.17) is 4.74 Å². The first kappa shape index (κ1) is 18.2. The summed E-state index contributed by atoms with van der Waals surface area (Å²) in [5.41, 5.74) is 4.53. The van der Waals surface area contributed by atoms with Crippen LogP contribution in [0.15, 0.2) is 84.4 Å². The Morgan fingerprint density at radius 2 is 1.63 bits per heavy atom. The summed E-state index contributed by atoms with van der Waals surface area (Å²) in [6, 6.07) is 24.0. The van der Waals surface area contributed by atoms with Gasteiger partial charge in [-0.1, -0.05) is 66.7 Å². The van der Waals surface area contributed by atoms with Gasteiger partial charge in [0.15, 0.2) is 5.78 Å². The molecule has 1 aliphatic carbocycles. The van der Waals surface area contributed by atoms with Crippen LogP contribution in [0.5, 0.6) is 5.75 Å². The normalized spacial score (nSPS) is 17.5. The van der Waals surface area contributed by atoms with Crippen molar-refractivity contribution in [3.63, 3.8) is 0 Å². The molecule has 3 aromatic rings. The van der Waals surface area contributed by atoms with Crippen LogP contribution in [-0.2, 0) is 6.54 Å². The van der Waals surface area contributed by atoms with Crippen molar-refractivity contribution in [2.24, 2.45) is 0 Å². The highest BCUT2D eigenvalue weighted by Crippen LogP contribution is 2.44. The zero-order chi connectivity index (χ0) is 20.7. The molecule has 1 unspecified atom stereocenters. The summed E-state index contributed by atoms with van der Waals surface area (Å²) in [7, 11) is 1.60. The molecule has 0 saturated carbocycles. The summed E-state index contributed by atoms with van der Waals surface area (Å²) in [6.45, 7) is 0.387. The second kappa shape index (κ2) is 7.19. The topological polar surface area (TPSA) is 58.6 Å². The highest BCUT2D eigenvalue weighted by atomic mass is 16.5. The van der Waals surface area contributed by atoms with Gasteiger partial charge in [-0.05, 0) is 23.3 Å². The Labute approximate surface area is 174 Å². The van der Waals surface area contributed by atoms with Crippen LogP contribution in [0.1, 0.15) is 33.1 Å². The van der Waals surface area contributed by atoms with Gasteiger partial charge in [-0.15, -0.1) is 0 Å².